The van der Waals surface area contributed by atoms with E-state index in [-0.39, 0.29) is 11.3 Å². The van der Waals surface area contributed by atoms with Gasteiger partial charge < -0.3 is 18.6 Å². The van der Waals surface area contributed by atoms with Gasteiger partial charge in [0, 0.05) is 24.5 Å². The zero-order valence-corrected chi connectivity index (χ0v) is 15.9. The molecule has 0 fully saturated rings. The first-order valence-corrected chi connectivity index (χ1v) is 9.04. The molecule has 2 aromatic heterocycles. The molecule has 144 valence electrons. The van der Waals surface area contributed by atoms with Gasteiger partial charge in [0.05, 0.1) is 25.5 Å². The van der Waals surface area contributed by atoms with Crippen LogP contribution in [0.2, 0.25) is 0 Å². The van der Waals surface area contributed by atoms with Gasteiger partial charge >= 0.3 is 5.97 Å². The SMILES string of the molecule is COc1cc(OC)cc(C(=O)Oc2coc(CSc3ncccn3)cc2=O)c1. The van der Waals surface area contributed by atoms with Crippen molar-refractivity contribution in [2.45, 2.75) is 10.9 Å². The lowest BCUT2D eigenvalue weighted by Gasteiger charge is -2.08. The van der Waals surface area contributed by atoms with E-state index in [2.05, 4.69) is 9.97 Å². The summed E-state index contributed by atoms with van der Waals surface area (Å²) < 4.78 is 20.8. The van der Waals surface area contributed by atoms with E-state index in [0.29, 0.717) is 28.2 Å². The van der Waals surface area contributed by atoms with Gasteiger partial charge in [-0.1, -0.05) is 11.8 Å². The first kappa shape index (κ1) is 19.4. The number of aromatic nitrogens is 2. The summed E-state index contributed by atoms with van der Waals surface area (Å²) in [5.41, 5.74) is -0.296. The fourth-order valence-electron chi connectivity index (χ4n) is 2.17. The number of hydrogen-bond acceptors (Lipinski definition) is 9. The highest BCUT2D eigenvalue weighted by Crippen LogP contribution is 2.24. The number of hydrogen-bond donors (Lipinski definition) is 0. The molecule has 0 saturated heterocycles. The molecule has 3 rings (SSSR count). The average molecular weight is 400 g/mol. The molecular formula is C19H16N2O6S. The standard InChI is InChI=1S/C19H16N2O6S/c1-24-13-6-12(7-14(8-13)25-2)18(23)27-17-10-26-15(9-16(17)22)11-28-19-20-4-3-5-21-19/h3-10H,11H2,1-2H3. The van der Waals surface area contributed by atoms with Crippen LogP contribution >= 0.6 is 11.8 Å². The van der Waals surface area contributed by atoms with Crippen molar-refractivity contribution in [2.24, 2.45) is 0 Å². The second-order valence-electron chi connectivity index (χ2n) is 5.39. The average Bonchev–Trinajstić information content (AvgIpc) is 2.74. The molecule has 0 unspecified atom stereocenters. The third-order valence-electron chi connectivity index (χ3n) is 3.53. The Morgan fingerprint density at radius 2 is 1.75 bits per heavy atom. The smallest absolute Gasteiger partial charge is 0.344 e. The largest absolute Gasteiger partial charge is 0.497 e. The molecule has 2 heterocycles. The molecule has 0 aliphatic carbocycles. The van der Waals surface area contributed by atoms with Gasteiger partial charge in [-0.15, -0.1) is 0 Å². The molecule has 0 atom stereocenters. The topological polar surface area (TPSA) is 101 Å². The van der Waals surface area contributed by atoms with Crippen LogP contribution in [0.3, 0.4) is 0 Å². The Kier molecular flexibility index (Phi) is 6.28. The maximum Gasteiger partial charge on any atom is 0.344 e. The molecular weight excluding hydrogens is 384 g/mol. The van der Waals surface area contributed by atoms with Crippen LogP contribution in [-0.2, 0) is 5.75 Å². The Labute approximate surface area is 164 Å². The van der Waals surface area contributed by atoms with Crippen LogP contribution in [0, 0.1) is 0 Å². The lowest BCUT2D eigenvalue weighted by atomic mass is 10.2. The van der Waals surface area contributed by atoms with Gasteiger partial charge in [0.2, 0.25) is 11.2 Å². The molecule has 3 aromatic rings. The Balaban J connectivity index is 1.71. The molecule has 0 aliphatic heterocycles. The zero-order valence-electron chi connectivity index (χ0n) is 15.1. The maximum atomic E-state index is 12.4. The quantitative estimate of drug-likeness (QED) is 0.336. The first-order chi connectivity index (χ1) is 13.6. The molecule has 0 aliphatic rings. The first-order valence-electron chi connectivity index (χ1n) is 8.06. The van der Waals surface area contributed by atoms with Gasteiger partial charge in [0.15, 0.2) is 5.16 Å². The number of methoxy groups -OCH3 is 2. The summed E-state index contributed by atoms with van der Waals surface area (Å²) in [5.74, 6) is 0.675. The van der Waals surface area contributed by atoms with E-state index >= 15 is 0 Å². The molecule has 28 heavy (non-hydrogen) atoms. The van der Waals surface area contributed by atoms with Crippen LogP contribution in [0.15, 0.2) is 63.4 Å². The van der Waals surface area contributed by atoms with Crippen molar-refractivity contribution >= 4 is 17.7 Å². The second-order valence-corrected chi connectivity index (χ2v) is 6.33. The van der Waals surface area contributed by atoms with Gasteiger partial charge in [-0.3, -0.25) is 4.79 Å². The molecule has 8 nitrogen and oxygen atoms in total. The molecule has 0 spiro atoms. The van der Waals surface area contributed by atoms with Crippen LogP contribution in [0.25, 0.3) is 0 Å². The molecule has 0 radical (unpaired) electrons. The third kappa shape index (κ3) is 4.89. The van der Waals surface area contributed by atoms with Crippen molar-refractivity contribution in [3.8, 4) is 17.2 Å². The van der Waals surface area contributed by atoms with Gasteiger partial charge in [-0.05, 0) is 18.2 Å². The Hall–Kier alpha value is -3.33. The van der Waals surface area contributed by atoms with Crippen molar-refractivity contribution in [1.29, 1.82) is 0 Å². The third-order valence-corrected chi connectivity index (χ3v) is 4.43. The zero-order chi connectivity index (χ0) is 19.9. The summed E-state index contributed by atoms with van der Waals surface area (Å²) in [7, 11) is 2.94. The summed E-state index contributed by atoms with van der Waals surface area (Å²) in [6.07, 6.45) is 4.36. The Bertz CT molecular complexity index is 1000. The Morgan fingerprint density at radius 3 is 2.36 bits per heavy atom. The molecule has 0 amide bonds. The van der Waals surface area contributed by atoms with E-state index in [4.69, 9.17) is 18.6 Å². The maximum absolute atomic E-state index is 12.4. The van der Waals surface area contributed by atoms with Crippen LogP contribution in [0.5, 0.6) is 17.2 Å². The lowest BCUT2D eigenvalue weighted by molar-refractivity contribution is 0.0728. The minimum atomic E-state index is -0.732. The van der Waals surface area contributed by atoms with E-state index in [0.717, 1.165) is 6.26 Å². The highest BCUT2D eigenvalue weighted by atomic mass is 32.2. The van der Waals surface area contributed by atoms with Crippen molar-refractivity contribution in [1.82, 2.24) is 9.97 Å². The summed E-state index contributed by atoms with van der Waals surface area (Å²) in [4.78, 5) is 32.8. The number of rotatable bonds is 7. The van der Waals surface area contributed by atoms with Crippen molar-refractivity contribution in [2.75, 3.05) is 14.2 Å². The number of benzene rings is 1. The highest BCUT2D eigenvalue weighted by Gasteiger charge is 2.15. The molecule has 0 N–H and O–H groups in total. The normalized spacial score (nSPS) is 10.4. The monoisotopic (exact) mass is 400 g/mol. The minimum absolute atomic E-state index is 0.177. The van der Waals surface area contributed by atoms with Gasteiger partial charge in [-0.25, -0.2) is 14.8 Å². The molecule has 9 heteroatoms. The van der Waals surface area contributed by atoms with E-state index in [9.17, 15) is 9.59 Å². The van der Waals surface area contributed by atoms with Crippen LogP contribution < -0.4 is 19.6 Å². The van der Waals surface area contributed by atoms with Gasteiger partial charge in [-0.2, -0.15) is 0 Å². The van der Waals surface area contributed by atoms with Gasteiger partial charge in [0.25, 0.3) is 0 Å². The number of thioether (sulfide) groups is 1. The fourth-order valence-corrected chi connectivity index (χ4v) is 2.86. The molecule has 1 aromatic carbocycles. The van der Waals surface area contributed by atoms with Crippen LogP contribution in [0.1, 0.15) is 16.1 Å². The van der Waals surface area contributed by atoms with Crippen LogP contribution in [-0.4, -0.2) is 30.2 Å². The Morgan fingerprint density at radius 1 is 1.07 bits per heavy atom. The fraction of sp³-hybridized carbons (Fsp3) is 0.158. The predicted molar refractivity (Wildman–Crippen MR) is 101 cm³/mol. The van der Waals surface area contributed by atoms with Crippen LogP contribution in [0.4, 0.5) is 0 Å². The summed E-state index contributed by atoms with van der Waals surface area (Å²) in [5, 5.41) is 0.563. The lowest BCUT2D eigenvalue weighted by Crippen LogP contribution is -2.15. The number of carbonyl (C=O) groups excluding carboxylic acids is 1. The second kappa shape index (κ2) is 9.05. The summed E-state index contributed by atoms with van der Waals surface area (Å²) in [6, 6.07) is 7.57. The number of ether oxygens (including phenoxy) is 3. The minimum Gasteiger partial charge on any atom is -0.497 e. The molecule has 0 bridgehead atoms. The number of nitrogens with zero attached hydrogens (tertiary/aromatic N) is 2. The number of carbonyl (C=O) groups is 1. The summed E-state index contributed by atoms with van der Waals surface area (Å²) in [6.45, 7) is 0. The van der Waals surface area contributed by atoms with Crippen molar-refractivity contribution in [3.63, 3.8) is 0 Å². The van der Waals surface area contributed by atoms with E-state index in [1.54, 1.807) is 24.5 Å². The molecule has 0 saturated carbocycles. The van der Waals surface area contributed by atoms with E-state index in [1.807, 2.05) is 0 Å². The predicted octanol–water partition coefficient (Wildman–Crippen LogP) is 2.96. The highest BCUT2D eigenvalue weighted by molar-refractivity contribution is 7.98. The summed E-state index contributed by atoms with van der Waals surface area (Å²) >= 11 is 1.32. The van der Waals surface area contributed by atoms with Crippen molar-refractivity contribution in [3.05, 3.63) is 70.5 Å². The number of esters is 1. The van der Waals surface area contributed by atoms with E-state index < -0.39 is 11.4 Å². The van der Waals surface area contributed by atoms with E-state index in [1.165, 1.54) is 44.2 Å². The van der Waals surface area contributed by atoms with Crippen molar-refractivity contribution < 1.29 is 23.4 Å². The van der Waals surface area contributed by atoms with Gasteiger partial charge in [0.1, 0.15) is 23.5 Å².